The van der Waals surface area contributed by atoms with Gasteiger partial charge in [-0.1, -0.05) is 170 Å². The van der Waals surface area contributed by atoms with Gasteiger partial charge in [0.1, 0.15) is 0 Å². The van der Waals surface area contributed by atoms with Gasteiger partial charge in [-0.25, -0.2) is 4.98 Å². The van der Waals surface area contributed by atoms with Crippen LogP contribution in [0.1, 0.15) is 5.56 Å². The normalized spacial score (nSPS) is 12.0. The lowest BCUT2D eigenvalue weighted by Crippen LogP contribution is -2.08. The van der Waals surface area contributed by atoms with Crippen LogP contribution in [0.3, 0.4) is 0 Å². The zero-order valence-electron chi connectivity index (χ0n) is 32.0. The van der Waals surface area contributed by atoms with Gasteiger partial charge in [0.05, 0.1) is 22.2 Å². The number of rotatable bonds is 6. The average molecular weight is 754 g/mol. The summed E-state index contributed by atoms with van der Waals surface area (Å²) in [4.78, 5) is 15.3. The molecule has 12 rings (SSSR count). The van der Waals surface area contributed by atoms with Crippen LogP contribution in [0.15, 0.2) is 200 Å². The van der Waals surface area contributed by atoms with E-state index in [0.29, 0.717) is 17.6 Å². The van der Waals surface area contributed by atoms with Gasteiger partial charge in [0.2, 0.25) is 5.95 Å². The molecule has 5 nitrogen and oxygen atoms in total. The summed E-state index contributed by atoms with van der Waals surface area (Å²) in [5.74, 6) is 1.85. The van der Waals surface area contributed by atoms with E-state index in [9.17, 15) is 0 Å². The first-order chi connectivity index (χ1) is 29.3. The number of hydrogen-bond donors (Lipinski definition) is 0. The van der Waals surface area contributed by atoms with Gasteiger partial charge in [0, 0.05) is 45.0 Å². The second-order valence-electron chi connectivity index (χ2n) is 15.2. The summed E-state index contributed by atoms with van der Waals surface area (Å²) in [6.45, 7) is 0.816. The summed E-state index contributed by atoms with van der Waals surface area (Å²) >= 11 is 0. The van der Waals surface area contributed by atoms with Crippen LogP contribution < -0.4 is 0 Å². The Bertz CT molecular complexity index is 3330. The van der Waals surface area contributed by atoms with Crippen molar-refractivity contribution in [2.24, 2.45) is 0 Å². The molecular formula is C54H35N5. The molecule has 0 atom stereocenters. The van der Waals surface area contributed by atoms with Crippen molar-refractivity contribution in [3.63, 3.8) is 0 Å². The molecule has 1 aliphatic heterocycles. The molecular weight excluding hydrogens is 719 g/mol. The summed E-state index contributed by atoms with van der Waals surface area (Å²) in [5.41, 5.74) is 16.4. The van der Waals surface area contributed by atoms with E-state index in [1.165, 1.54) is 55.5 Å². The van der Waals surface area contributed by atoms with E-state index in [4.69, 9.17) is 15.0 Å². The first-order valence-corrected chi connectivity index (χ1v) is 20.1. The third-order valence-electron chi connectivity index (χ3n) is 11.8. The average Bonchev–Trinajstić information content (AvgIpc) is 3.83. The Hall–Kier alpha value is -7.89. The van der Waals surface area contributed by atoms with Gasteiger partial charge in [-0.3, -0.25) is 4.57 Å². The molecule has 0 saturated heterocycles. The molecule has 11 aromatic rings. The summed E-state index contributed by atoms with van der Waals surface area (Å²) in [7, 11) is 0. The van der Waals surface area contributed by atoms with Gasteiger partial charge >= 0.3 is 0 Å². The highest BCUT2D eigenvalue weighted by Crippen LogP contribution is 2.49. The minimum Gasteiger partial charge on any atom is -0.335 e. The maximum atomic E-state index is 5.15. The molecule has 0 saturated carbocycles. The van der Waals surface area contributed by atoms with E-state index in [0.717, 1.165) is 45.0 Å². The smallest absolute Gasteiger partial charge is 0.238 e. The monoisotopic (exact) mass is 753 g/mol. The second kappa shape index (κ2) is 13.4. The van der Waals surface area contributed by atoms with Crippen molar-refractivity contribution in [3.05, 3.63) is 206 Å². The predicted molar refractivity (Wildman–Crippen MR) is 241 cm³/mol. The summed E-state index contributed by atoms with van der Waals surface area (Å²) in [6, 6.07) is 71.2. The van der Waals surface area contributed by atoms with E-state index in [2.05, 4.69) is 173 Å². The minimum atomic E-state index is 0.585. The van der Waals surface area contributed by atoms with Crippen molar-refractivity contribution >= 4 is 32.7 Å². The fraction of sp³-hybridized carbons (Fsp3) is 0.0185. The van der Waals surface area contributed by atoms with Gasteiger partial charge in [-0.15, -0.1) is 0 Å². The minimum absolute atomic E-state index is 0.585. The topological polar surface area (TPSA) is 48.5 Å². The van der Waals surface area contributed by atoms with Crippen LogP contribution in [-0.2, 0) is 6.54 Å². The van der Waals surface area contributed by atoms with Gasteiger partial charge in [0.15, 0.2) is 11.6 Å². The predicted octanol–water partition coefficient (Wildman–Crippen LogP) is 13.3. The first kappa shape index (κ1) is 33.3. The fourth-order valence-corrected chi connectivity index (χ4v) is 9.17. The zero-order chi connectivity index (χ0) is 38.9. The van der Waals surface area contributed by atoms with Crippen LogP contribution in [0.4, 0.5) is 0 Å². The third-order valence-corrected chi connectivity index (χ3v) is 11.8. The summed E-state index contributed by atoms with van der Waals surface area (Å²) in [5, 5.41) is 3.54. The van der Waals surface area contributed by atoms with Crippen LogP contribution in [0.5, 0.6) is 0 Å². The highest BCUT2D eigenvalue weighted by atomic mass is 15.2. The van der Waals surface area contributed by atoms with Crippen molar-refractivity contribution in [2.75, 3.05) is 0 Å². The molecule has 4 heterocycles. The Balaban J connectivity index is 1.11. The fourth-order valence-electron chi connectivity index (χ4n) is 9.17. The SMILES string of the molecule is c1ccc(-c2nc(-c3ccccc3)nc(-n3c4ccccc4c4cc(-c5cc6c7c(c5)c(-c5ccccc5)c(-c5ccccc5)n7Cc5ccccc5-6)ccc43)n2)cc1. The van der Waals surface area contributed by atoms with Crippen LogP contribution in [0.2, 0.25) is 0 Å². The molecule has 0 spiro atoms. The Morgan fingerprint density at radius 3 is 1.63 bits per heavy atom. The Morgan fingerprint density at radius 1 is 0.373 bits per heavy atom. The van der Waals surface area contributed by atoms with Crippen molar-refractivity contribution in [1.29, 1.82) is 0 Å². The van der Waals surface area contributed by atoms with E-state index in [-0.39, 0.29) is 0 Å². The molecule has 276 valence electrons. The lowest BCUT2D eigenvalue weighted by Gasteiger charge is -2.22. The number of benzene rings is 8. The standard InChI is InChI=1S/C54H35N5/c1-5-17-35(18-6-1)49-46-33-41(32-45-42-26-14-13-25-40(42)34-58(51(45)46)50(49)36-19-7-2-8-20-36)39-29-30-48-44(31-39)43-27-15-16-28-47(43)59(48)54-56-52(37-21-9-3-10-22-37)55-53(57-54)38-23-11-4-12-24-38/h1-33H,34H2. The zero-order valence-corrected chi connectivity index (χ0v) is 32.0. The first-order valence-electron chi connectivity index (χ1n) is 20.1. The summed E-state index contributed by atoms with van der Waals surface area (Å²) < 4.78 is 4.74. The number of aromatic nitrogens is 5. The van der Waals surface area contributed by atoms with Gasteiger partial charge in [-0.05, 0) is 63.7 Å². The van der Waals surface area contributed by atoms with Crippen LogP contribution in [0, 0.1) is 0 Å². The molecule has 3 aromatic heterocycles. The molecule has 0 N–H and O–H groups in total. The maximum absolute atomic E-state index is 5.15. The molecule has 0 fully saturated rings. The lowest BCUT2D eigenvalue weighted by atomic mass is 9.90. The van der Waals surface area contributed by atoms with Gasteiger partial charge < -0.3 is 4.57 Å². The largest absolute Gasteiger partial charge is 0.335 e. The van der Waals surface area contributed by atoms with E-state index >= 15 is 0 Å². The van der Waals surface area contributed by atoms with Crippen LogP contribution >= 0.6 is 0 Å². The van der Waals surface area contributed by atoms with E-state index < -0.39 is 0 Å². The number of nitrogens with zero attached hydrogens (tertiary/aromatic N) is 5. The molecule has 8 aromatic carbocycles. The van der Waals surface area contributed by atoms with Crippen molar-refractivity contribution < 1.29 is 0 Å². The highest BCUT2D eigenvalue weighted by molar-refractivity contribution is 6.14. The van der Waals surface area contributed by atoms with Crippen LogP contribution in [-0.4, -0.2) is 24.1 Å². The third kappa shape index (κ3) is 5.36. The highest BCUT2D eigenvalue weighted by Gasteiger charge is 2.28. The molecule has 0 amide bonds. The van der Waals surface area contributed by atoms with Crippen molar-refractivity contribution in [3.8, 4) is 73.4 Å². The van der Waals surface area contributed by atoms with Crippen molar-refractivity contribution in [2.45, 2.75) is 6.54 Å². The number of hydrogen-bond acceptors (Lipinski definition) is 3. The van der Waals surface area contributed by atoms with Gasteiger partial charge in [-0.2, -0.15) is 9.97 Å². The Morgan fingerprint density at radius 2 is 0.932 bits per heavy atom. The van der Waals surface area contributed by atoms with Gasteiger partial charge in [0.25, 0.3) is 0 Å². The number of fused-ring (bicyclic) bond motifs is 5. The van der Waals surface area contributed by atoms with E-state index in [1.54, 1.807) is 0 Å². The van der Waals surface area contributed by atoms with E-state index in [1.807, 2.05) is 36.4 Å². The Kier molecular flexibility index (Phi) is 7.53. The molecule has 59 heavy (non-hydrogen) atoms. The quantitative estimate of drug-likeness (QED) is 0.170. The molecule has 0 unspecified atom stereocenters. The maximum Gasteiger partial charge on any atom is 0.238 e. The molecule has 0 aliphatic carbocycles. The second-order valence-corrected chi connectivity index (χ2v) is 15.2. The summed E-state index contributed by atoms with van der Waals surface area (Å²) in [6.07, 6.45) is 0. The number of para-hydroxylation sites is 1. The lowest BCUT2D eigenvalue weighted by molar-refractivity contribution is 0.838. The van der Waals surface area contributed by atoms with Crippen LogP contribution in [0.25, 0.3) is 106 Å². The van der Waals surface area contributed by atoms with Crippen molar-refractivity contribution in [1.82, 2.24) is 24.1 Å². The molecule has 0 radical (unpaired) electrons. The molecule has 1 aliphatic rings. The molecule has 5 heteroatoms. The Labute approximate surface area is 341 Å². The molecule has 0 bridgehead atoms.